The van der Waals surface area contributed by atoms with Crippen molar-refractivity contribution in [3.05, 3.63) is 51.5 Å². The number of hydrogen-bond acceptors (Lipinski definition) is 4. The summed E-state index contributed by atoms with van der Waals surface area (Å²) in [4.78, 5) is 23.8. The van der Waals surface area contributed by atoms with E-state index in [0.29, 0.717) is 5.92 Å². The Bertz CT molecular complexity index is 755. The fourth-order valence-corrected chi connectivity index (χ4v) is 5.69. The molecular formula is C22H29N3OS. The van der Waals surface area contributed by atoms with Crippen molar-refractivity contribution >= 4 is 17.2 Å². The average molecular weight is 384 g/mol. The molecule has 1 fully saturated rings. The van der Waals surface area contributed by atoms with E-state index in [1.165, 1.54) is 34.8 Å². The van der Waals surface area contributed by atoms with E-state index in [2.05, 4.69) is 17.0 Å². The van der Waals surface area contributed by atoms with Crippen molar-refractivity contribution in [3.8, 4) is 0 Å². The van der Waals surface area contributed by atoms with Crippen LogP contribution in [0.3, 0.4) is 0 Å². The van der Waals surface area contributed by atoms with Crippen LogP contribution in [-0.4, -0.2) is 47.9 Å². The number of piperidine rings is 1. The number of thiazole rings is 1. The maximum Gasteiger partial charge on any atom is 0.244 e. The molecule has 27 heavy (non-hydrogen) atoms. The Balaban J connectivity index is 1.42. The van der Waals surface area contributed by atoms with Crippen LogP contribution in [0.5, 0.6) is 0 Å². The van der Waals surface area contributed by atoms with Gasteiger partial charge in [0.15, 0.2) is 0 Å². The second-order valence-corrected chi connectivity index (χ2v) is 9.12. The van der Waals surface area contributed by atoms with Gasteiger partial charge in [0.1, 0.15) is 6.04 Å². The number of fused-ring (bicyclic) bond motifs is 1. The number of rotatable bonds is 4. The lowest BCUT2D eigenvalue weighted by molar-refractivity contribution is -0.137. The summed E-state index contributed by atoms with van der Waals surface area (Å²) in [7, 11) is 3.98. The molecule has 0 saturated carbocycles. The first-order chi connectivity index (χ1) is 13.1. The molecule has 1 amide bonds. The van der Waals surface area contributed by atoms with E-state index in [9.17, 15) is 4.79 Å². The fourth-order valence-electron chi connectivity index (χ4n) is 4.36. The minimum absolute atomic E-state index is 0.199. The number of nitrogens with zero attached hydrogens (tertiary/aromatic N) is 3. The van der Waals surface area contributed by atoms with Gasteiger partial charge >= 0.3 is 0 Å². The smallest absolute Gasteiger partial charge is 0.244 e. The zero-order chi connectivity index (χ0) is 18.8. The maximum atomic E-state index is 13.2. The van der Waals surface area contributed by atoms with Gasteiger partial charge < -0.3 is 4.90 Å². The number of likely N-dealkylation sites (tertiary alicyclic amines) is 1. The normalized spacial score (nSPS) is 19.1. The summed E-state index contributed by atoms with van der Waals surface area (Å²) in [5.41, 5.74) is 2.43. The second-order valence-electron chi connectivity index (χ2n) is 8.01. The SMILES string of the molecule is CN(C)C(C(=O)N1CCC(c2nc3c(s2)CCCC3)CC1)c1ccccc1. The lowest BCUT2D eigenvalue weighted by Gasteiger charge is -2.35. The molecule has 1 atom stereocenters. The highest BCUT2D eigenvalue weighted by molar-refractivity contribution is 7.11. The summed E-state index contributed by atoms with van der Waals surface area (Å²) < 4.78 is 0. The minimum atomic E-state index is -0.199. The molecule has 1 unspecified atom stereocenters. The number of hydrogen-bond donors (Lipinski definition) is 0. The zero-order valence-corrected chi connectivity index (χ0v) is 17.2. The van der Waals surface area contributed by atoms with Crippen LogP contribution in [0.4, 0.5) is 0 Å². The van der Waals surface area contributed by atoms with Crippen molar-refractivity contribution in [1.29, 1.82) is 0 Å². The van der Waals surface area contributed by atoms with Gasteiger partial charge in [-0.1, -0.05) is 30.3 Å². The van der Waals surface area contributed by atoms with Gasteiger partial charge in [0.2, 0.25) is 5.91 Å². The first-order valence-corrected chi connectivity index (χ1v) is 10.9. The quantitative estimate of drug-likeness (QED) is 0.800. The van der Waals surface area contributed by atoms with Crippen LogP contribution in [0.15, 0.2) is 30.3 Å². The van der Waals surface area contributed by atoms with E-state index in [1.807, 2.05) is 48.5 Å². The maximum absolute atomic E-state index is 13.2. The Labute approximate surface area is 166 Å². The van der Waals surface area contributed by atoms with E-state index in [0.717, 1.165) is 37.9 Å². The predicted octanol–water partition coefficient (Wildman–Crippen LogP) is 4.03. The molecule has 0 radical (unpaired) electrons. The number of aryl methyl sites for hydroxylation is 2. The molecule has 0 spiro atoms. The highest BCUT2D eigenvalue weighted by Crippen LogP contribution is 2.36. The van der Waals surface area contributed by atoms with Gasteiger partial charge in [0, 0.05) is 23.9 Å². The second kappa shape index (κ2) is 8.11. The molecule has 2 aliphatic rings. The standard InChI is InChI=1S/C22H29N3OS/c1-24(2)20(16-8-4-3-5-9-16)22(26)25-14-12-17(13-15-25)21-23-18-10-6-7-11-19(18)27-21/h3-5,8-9,17,20H,6-7,10-15H2,1-2H3. The molecule has 1 aliphatic carbocycles. The predicted molar refractivity (Wildman–Crippen MR) is 110 cm³/mol. The van der Waals surface area contributed by atoms with Crippen LogP contribution in [0, 0.1) is 0 Å². The third-order valence-corrected chi connectivity index (χ3v) is 7.20. The molecule has 1 aromatic heterocycles. The summed E-state index contributed by atoms with van der Waals surface area (Å²) in [6, 6.07) is 9.92. The van der Waals surface area contributed by atoms with E-state index in [4.69, 9.17) is 4.98 Å². The third-order valence-electron chi connectivity index (χ3n) is 5.88. The van der Waals surface area contributed by atoms with Gasteiger partial charge in [0.05, 0.1) is 10.7 Å². The number of carbonyl (C=O) groups excluding carboxylic acids is 1. The molecule has 2 aromatic rings. The zero-order valence-electron chi connectivity index (χ0n) is 16.4. The van der Waals surface area contributed by atoms with E-state index >= 15 is 0 Å². The van der Waals surface area contributed by atoms with Crippen molar-refractivity contribution in [2.45, 2.75) is 50.5 Å². The Kier molecular flexibility index (Phi) is 5.60. The number of amides is 1. The highest BCUT2D eigenvalue weighted by atomic mass is 32.1. The van der Waals surface area contributed by atoms with Crippen LogP contribution in [0.25, 0.3) is 0 Å². The summed E-state index contributed by atoms with van der Waals surface area (Å²) in [5.74, 6) is 0.752. The Morgan fingerprint density at radius 3 is 2.52 bits per heavy atom. The van der Waals surface area contributed by atoms with Crippen LogP contribution in [0.2, 0.25) is 0 Å². The molecule has 1 aliphatic heterocycles. The Hall–Kier alpha value is -1.72. The summed E-state index contributed by atoms with van der Waals surface area (Å²) >= 11 is 1.94. The largest absolute Gasteiger partial charge is 0.341 e. The minimum Gasteiger partial charge on any atom is -0.341 e. The molecule has 4 rings (SSSR count). The lowest BCUT2D eigenvalue weighted by atomic mass is 9.95. The molecular weight excluding hydrogens is 354 g/mol. The Morgan fingerprint density at radius 1 is 1.15 bits per heavy atom. The molecule has 1 aromatic carbocycles. The van der Waals surface area contributed by atoms with Gasteiger partial charge in [-0.2, -0.15) is 0 Å². The Morgan fingerprint density at radius 2 is 1.85 bits per heavy atom. The average Bonchev–Trinajstić information content (AvgIpc) is 3.13. The number of carbonyl (C=O) groups is 1. The van der Waals surface area contributed by atoms with Gasteiger partial charge in [-0.15, -0.1) is 11.3 Å². The topological polar surface area (TPSA) is 36.4 Å². The molecule has 1 saturated heterocycles. The summed E-state index contributed by atoms with van der Waals surface area (Å²) in [6.07, 6.45) is 7.04. The highest BCUT2D eigenvalue weighted by Gasteiger charge is 2.32. The van der Waals surface area contributed by atoms with E-state index in [-0.39, 0.29) is 11.9 Å². The van der Waals surface area contributed by atoms with Crippen molar-refractivity contribution in [3.63, 3.8) is 0 Å². The lowest BCUT2D eigenvalue weighted by Crippen LogP contribution is -2.44. The first-order valence-electron chi connectivity index (χ1n) is 10.1. The van der Waals surface area contributed by atoms with Crippen molar-refractivity contribution in [2.75, 3.05) is 27.2 Å². The van der Waals surface area contributed by atoms with Gasteiger partial charge in [-0.25, -0.2) is 4.98 Å². The van der Waals surface area contributed by atoms with Crippen LogP contribution in [0.1, 0.15) is 58.8 Å². The number of likely N-dealkylation sites (N-methyl/N-ethyl adjacent to an activating group) is 1. The van der Waals surface area contributed by atoms with Crippen molar-refractivity contribution < 1.29 is 4.79 Å². The third kappa shape index (κ3) is 3.94. The van der Waals surface area contributed by atoms with Crippen molar-refractivity contribution in [2.24, 2.45) is 0 Å². The molecule has 5 heteroatoms. The van der Waals surface area contributed by atoms with Crippen molar-refractivity contribution in [1.82, 2.24) is 14.8 Å². The molecule has 0 N–H and O–H groups in total. The van der Waals surface area contributed by atoms with Crippen LogP contribution in [-0.2, 0) is 17.6 Å². The number of benzene rings is 1. The van der Waals surface area contributed by atoms with Gasteiger partial charge in [-0.05, 0) is 58.2 Å². The molecule has 0 bridgehead atoms. The van der Waals surface area contributed by atoms with E-state index in [1.54, 1.807) is 0 Å². The van der Waals surface area contributed by atoms with Gasteiger partial charge in [-0.3, -0.25) is 9.69 Å². The van der Waals surface area contributed by atoms with Gasteiger partial charge in [0.25, 0.3) is 0 Å². The summed E-state index contributed by atoms with van der Waals surface area (Å²) in [5, 5.41) is 1.32. The van der Waals surface area contributed by atoms with E-state index < -0.39 is 0 Å². The molecule has 4 nitrogen and oxygen atoms in total. The molecule has 144 valence electrons. The first kappa shape index (κ1) is 18.6. The fraction of sp³-hybridized carbons (Fsp3) is 0.545. The monoisotopic (exact) mass is 383 g/mol. The molecule has 2 heterocycles. The summed E-state index contributed by atoms with van der Waals surface area (Å²) in [6.45, 7) is 1.68. The van der Waals surface area contributed by atoms with Crippen LogP contribution < -0.4 is 0 Å². The number of aromatic nitrogens is 1. The van der Waals surface area contributed by atoms with Crippen LogP contribution >= 0.6 is 11.3 Å².